The number of alkyl halides is 3. The lowest BCUT2D eigenvalue weighted by atomic mass is 10.2. The number of anilines is 1. The Morgan fingerprint density at radius 1 is 0.933 bits per heavy atom. The highest BCUT2D eigenvalue weighted by molar-refractivity contribution is 6.04. The number of para-hydroxylation sites is 2. The van der Waals surface area contributed by atoms with Crippen molar-refractivity contribution in [2.24, 2.45) is 0 Å². The van der Waals surface area contributed by atoms with E-state index in [-0.39, 0.29) is 28.0 Å². The second-order valence-electron chi connectivity index (χ2n) is 6.38. The molecule has 0 aliphatic heterocycles. The second kappa shape index (κ2) is 7.25. The Kier molecular flexibility index (Phi) is 4.73. The van der Waals surface area contributed by atoms with Gasteiger partial charge in [0.2, 0.25) is 5.82 Å². The molecule has 3 aromatic carbocycles. The van der Waals surface area contributed by atoms with Crippen LogP contribution in [0.2, 0.25) is 0 Å². The Bertz CT molecular complexity index is 1250. The van der Waals surface area contributed by atoms with Crippen LogP contribution in [0.15, 0.2) is 66.7 Å². The predicted octanol–water partition coefficient (Wildman–Crippen LogP) is 5.57. The number of aromatic nitrogens is 2. The zero-order chi connectivity index (χ0) is 21.5. The first-order valence-electron chi connectivity index (χ1n) is 8.65. The highest BCUT2D eigenvalue weighted by Gasteiger charge is 2.38. The third kappa shape index (κ3) is 3.61. The van der Waals surface area contributed by atoms with E-state index in [0.717, 1.165) is 16.7 Å². The van der Waals surface area contributed by atoms with Gasteiger partial charge in [-0.05, 0) is 48.5 Å². The molecule has 4 nitrogen and oxygen atoms in total. The molecule has 0 saturated carbocycles. The van der Waals surface area contributed by atoms with Crippen molar-refractivity contribution in [2.75, 3.05) is 5.32 Å². The number of carbonyl (C=O) groups excluding carboxylic acids is 1. The van der Waals surface area contributed by atoms with Gasteiger partial charge < -0.3 is 5.32 Å². The molecule has 0 atom stereocenters. The van der Waals surface area contributed by atoms with Crippen LogP contribution in [0.3, 0.4) is 0 Å². The van der Waals surface area contributed by atoms with Crippen molar-refractivity contribution in [2.45, 2.75) is 6.18 Å². The van der Waals surface area contributed by atoms with Crippen LogP contribution in [0, 0.1) is 11.6 Å². The average Bonchev–Trinajstić information content (AvgIpc) is 3.08. The molecule has 30 heavy (non-hydrogen) atoms. The lowest BCUT2D eigenvalue weighted by molar-refractivity contribution is -0.145. The van der Waals surface area contributed by atoms with Crippen LogP contribution >= 0.6 is 0 Å². The molecule has 0 spiro atoms. The minimum atomic E-state index is -4.67. The van der Waals surface area contributed by atoms with Crippen LogP contribution in [0.25, 0.3) is 16.7 Å². The summed E-state index contributed by atoms with van der Waals surface area (Å²) in [6.07, 6.45) is -4.67. The molecule has 0 fully saturated rings. The first-order chi connectivity index (χ1) is 14.2. The van der Waals surface area contributed by atoms with Gasteiger partial charge in [-0.2, -0.15) is 13.2 Å². The number of benzene rings is 3. The van der Waals surface area contributed by atoms with Crippen LogP contribution in [-0.2, 0) is 6.18 Å². The molecule has 1 N–H and O–H groups in total. The molecular weight excluding hydrogens is 405 g/mol. The summed E-state index contributed by atoms with van der Waals surface area (Å²) in [7, 11) is 0. The summed E-state index contributed by atoms with van der Waals surface area (Å²) < 4.78 is 68.1. The summed E-state index contributed by atoms with van der Waals surface area (Å²) >= 11 is 0. The van der Waals surface area contributed by atoms with Crippen molar-refractivity contribution < 1.29 is 26.7 Å². The van der Waals surface area contributed by atoms with E-state index >= 15 is 0 Å². The molecule has 1 aromatic heterocycles. The van der Waals surface area contributed by atoms with Crippen molar-refractivity contribution in [3.63, 3.8) is 0 Å². The highest BCUT2D eigenvalue weighted by Crippen LogP contribution is 2.34. The summed E-state index contributed by atoms with van der Waals surface area (Å²) in [6.45, 7) is 0. The maximum Gasteiger partial charge on any atom is 0.450 e. The van der Waals surface area contributed by atoms with Crippen molar-refractivity contribution in [1.82, 2.24) is 9.55 Å². The zero-order valence-corrected chi connectivity index (χ0v) is 15.0. The second-order valence-corrected chi connectivity index (χ2v) is 6.38. The summed E-state index contributed by atoms with van der Waals surface area (Å²) in [5, 5.41) is 2.42. The number of nitrogens with zero attached hydrogens (tertiary/aromatic N) is 2. The average molecular weight is 417 g/mol. The molecule has 4 aromatic rings. The van der Waals surface area contributed by atoms with Crippen molar-refractivity contribution in [3.05, 3.63) is 89.8 Å². The lowest BCUT2D eigenvalue weighted by Gasteiger charge is -2.12. The Hall–Kier alpha value is -3.75. The summed E-state index contributed by atoms with van der Waals surface area (Å²) in [4.78, 5) is 15.9. The molecule has 9 heteroatoms. The van der Waals surface area contributed by atoms with Crippen molar-refractivity contribution >= 4 is 22.6 Å². The van der Waals surface area contributed by atoms with E-state index in [1.807, 2.05) is 0 Å². The molecule has 0 saturated heterocycles. The van der Waals surface area contributed by atoms with Gasteiger partial charge in [0, 0.05) is 17.4 Å². The van der Waals surface area contributed by atoms with Gasteiger partial charge in [0.25, 0.3) is 5.91 Å². The first kappa shape index (κ1) is 19.6. The molecule has 0 bridgehead atoms. The van der Waals surface area contributed by atoms with Crippen LogP contribution in [0.1, 0.15) is 16.2 Å². The van der Waals surface area contributed by atoms with Crippen LogP contribution in [-0.4, -0.2) is 15.5 Å². The van der Waals surface area contributed by atoms with E-state index in [1.165, 1.54) is 36.4 Å². The smallest absolute Gasteiger partial charge is 0.322 e. The number of hydrogen-bond donors (Lipinski definition) is 1. The standard InChI is InChI=1S/C21H12F5N3O/c22-12-5-10-15(16(23)11-12)19(30)27-13-6-8-14(9-7-13)29-18-4-2-1-3-17(18)28-20(29)21(24,25)26/h1-11H,(H,27,30). The number of imidazole rings is 1. The number of hydrogen-bond acceptors (Lipinski definition) is 2. The van der Waals surface area contributed by atoms with E-state index in [0.29, 0.717) is 6.07 Å². The maximum atomic E-state index is 13.7. The van der Waals surface area contributed by atoms with Gasteiger partial charge >= 0.3 is 6.18 Å². The van der Waals surface area contributed by atoms with E-state index in [4.69, 9.17) is 0 Å². The molecule has 1 heterocycles. The maximum absolute atomic E-state index is 13.7. The molecule has 152 valence electrons. The van der Waals surface area contributed by atoms with Crippen molar-refractivity contribution in [3.8, 4) is 5.69 Å². The van der Waals surface area contributed by atoms with Gasteiger partial charge in [0.05, 0.1) is 16.6 Å². The Labute approximate surface area is 166 Å². The molecule has 0 unspecified atom stereocenters. The Morgan fingerprint density at radius 2 is 1.63 bits per heavy atom. The number of amides is 1. The molecule has 0 aliphatic rings. The number of halogens is 5. The van der Waals surface area contributed by atoms with Crippen LogP contribution in [0.5, 0.6) is 0 Å². The van der Waals surface area contributed by atoms with Gasteiger partial charge in [-0.25, -0.2) is 13.8 Å². The molecule has 0 radical (unpaired) electrons. The number of rotatable bonds is 3. The van der Waals surface area contributed by atoms with Gasteiger partial charge in [0.1, 0.15) is 11.6 Å². The largest absolute Gasteiger partial charge is 0.450 e. The lowest BCUT2D eigenvalue weighted by Crippen LogP contribution is -2.15. The number of fused-ring (bicyclic) bond motifs is 1. The van der Waals surface area contributed by atoms with E-state index in [9.17, 15) is 26.7 Å². The van der Waals surface area contributed by atoms with E-state index < -0.39 is 29.5 Å². The summed E-state index contributed by atoms with van der Waals surface area (Å²) in [5.74, 6) is -3.73. The quantitative estimate of drug-likeness (QED) is 0.443. The topological polar surface area (TPSA) is 46.9 Å². The summed E-state index contributed by atoms with van der Waals surface area (Å²) in [5.41, 5.74) is 0.511. The minimum Gasteiger partial charge on any atom is -0.322 e. The molecular formula is C21H12F5N3O. The predicted molar refractivity (Wildman–Crippen MR) is 100 cm³/mol. The van der Waals surface area contributed by atoms with Crippen molar-refractivity contribution in [1.29, 1.82) is 0 Å². The molecule has 1 amide bonds. The normalized spacial score (nSPS) is 11.6. The Morgan fingerprint density at radius 3 is 2.30 bits per heavy atom. The van der Waals surface area contributed by atoms with E-state index in [1.54, 1.807) is 12.1 Å². The third-order valence-electron chi connectivity index (χ3n) is 4.37. The number of nitrogens with one attached hydrogen (secondary N) is 1. The van der Waals surface area contributed by atoms with Crippen LogP contribution in [0.4, 0.5) is 27.6 Å². The van der Waals surface area contributed by atoms with Gasteiger partial charge in [-0.3, -0.25) is 9.36 Å². The highest BCUT2D eigenvalue weighted by atomic mass is 19.4. The SMILES string of the molecule is O=C(Nc1ccc(-n2c(C(F)(F)F)nc3ccccc32)cc1)c1ccc(F)cc1F. The number of carbonyl (C=O) groups is 1. The zero-order valence-electron chi connectivity index (χ0n) is 15.0. The summed E-state index contributed by atoms with van der Waals surface area (Å²) in [6, 6.07) is 14.2. The van der Waals surface area contributed by atoms with Gasteiger partial charge in [0.15, 0.2) is 0 Å². The fourth-order valence-electron chi connectivity index (χ4n) is 3.04. The third-order valence-corrected chi connectivity index (χ3v) is 4.37. The van der Waals surface area contributed by atoms with Gasteiger partial charge in [-0.1, -0.05) is 12.1 Å². The van der Waals surface area contributed by atoms with Crippen LogP contribution < -0.4 is 5.32 Å². The minimum absolute atomic E-state index is 0.182. The fraction of sp³-hybridized carbons (Fsp3) is 0.0476. The first-order valence-corrected chi connectivity index (χ1v) is 8.65. The Balaban J connectivity index is 1.67. The fourth-order valence-corrected chi connectivity index (χ4v) is 3.04. The van der Waals surface area contributed by atoms with E-state index in [2.05, 4.69) is 10.3 Å². The molecule has 0 aliphatic carbocycles. The van der Waals surface area contributed by atoms with Gasteiger partial charge in [-0.15, -0.1) is 0 Å². The molecule has 4 rings (SSSR count). The monoisotopic (exact) mass is 417 g/mol.